The number of hydrogen-bond donors (Lipinski definition) is 1. The predicted octanol–water partition coefficient (Wildman–Crippen LogP) is 1.98. The summed E-state index contributed by atoms with van der Waals surface area (Å²) >= 11 is 0. The van der Waals surface area contributed by atoms with Gasteiger partial charge in [-0.25, -0.2) is 0 Å². The summed E-state index contributed by atoms with van der Waals surface area (Å²) in [6.45, 7) is 4.65. The summed E-state index contributed by atoms with van der Waals surface area (Å²) in [6, 6.07) is 3.76. The van der Waals surface area contributed by atoms with E-state index in [0.29, 0.717) is 24.6 Å². The molecule has 2 aromatic rings. The molecule has 124 valence electrons. The summed E-state index contributed by atoms with van der Waals surface area (Å²) in [7, 11) is 0. The topological polar surface area (TPSA) is 71.4 Å². The zero-order chi connectivity index (χ0) is 17.0. The molecule has 3 amide bonds. The zero-order valence-corrected chi connectivity index (χ0v) is 13.7. The lowest BCUT2D eigenvalue weighted by Gasteiger charge is -2.29. The van der Waals surface area contributed by atoms with Crippen LogP contribution in [0.4, 0.5) is 0 Å². The van der Waals surface area contributed by atoms with E-state index in [0.717, 1.165) is 16.3 Å². The molecule has 1 atom stereocenters. The van der Waals surface area contributed by atoms with Crippen LogP contribution >= 0.6 is 0 Å². The second-order valence-electron chi connectivity index (χ2n) is 6.84. The Morgan fingerprint density at radius 3 is 2.50 bits per heavy atom. The average molecular weight is 325 g/mol. The Hall–Kier alpha value is -2.63. The van der Waals surface area contributed by atoms with Crippen LogP contribution in [0.1, 0.15) is 48.7 Å². The molecular weight excluding hydrogens is 306 g/mol. The number of fused-ring (bicyclic) bond motifs is 2. The van der Waals surface area contributed by atoms with Crippen molar-refractivity contribution in [2.24, 2.45) is 0 Å². The van der Waals surface area contributed by atoms with E-state index in [-0.39, 0.29) is 24.1 Å². The van der Waals surface area contributed by atoms with Crippen LogP contribution in [-0.2, 0) is 16.1 Å². The molecule has 1 fully saturated rings. The smallest absolute Gasteiger partial charge is 0.255 e. The van der Waals surface area contributed by atoms with Crippen molar-refractivity contribution in [3.05, 3.63) is 35.7 Å². The second-order valence-corrected chi connectivity index (χ2v) is 6.84. The normalized spacial score (nSPS) is 20.9. The number of rotatable bonds is 2. The number of amides is 3. The van der Waals surface area contributed by atoms with Crippen molar-refractivity contribution >= 4 is 28.5 Å². The van der Waals surface area contributed by atoms with Gasteiger partial charge < -0.3 is 9.47 Å². The lowest BCUT2D eigenvalue weighted by molar-refractivity contribution is -0.136. The van der Waals surface area contributed by atoms with E-state index in [1.165, 1.54) is 0 Å². The standard InChI is InChI=1S/C18H19N3O3/c1-10(2)20-7-11-5-13-9-21(15-3-4-16(22)19-17(15)23)18(24)14(13)6-12(11)8-20/h5-8,10,15H,3-4,9H2,1-2H3,(H,19,22,23)/t15-/m1/s1. The van der Waals surface area contributed by atoms with E-state index in [1.54, 1.807) is 4.90 Å². The van der Waals surface area contributed by atoms with Gasteiger partial charge in [-0.3, -0.25) is 19.7 Å². The Kier molecular flexibility index (Phi) is 3.23. The molecule has 1 aromatic carbocycles. The molecule has 6 heteroatoms. The Balaban J connectivity index is 1.67. The summed E-state index contributed by atoms with van der Waals surface area (Å²) in [5.41, 5.74) is 1.60. The van der Waals surface area contributed by atoms with E-state index < -0.39 is 6.04 Å². The highest BCUT2D eigenvalue weighted by Gasteiger charge is 2.39. The molecule has 0 spiro atoms. The number of carbonyl (C=O) groups is 3. The molecule has 3 heterocycles. The lowest BCUT2D eigenvalue weighted by atomic mass is 10.0. The minimum Gasteiger partial charge on any atom is -0.351 e. The van der Waals surface area contributed by atoms with Crippen molar-refractivity contribution in [2.45, 2.75) is 45.3 Å². The summed E-state index contributed by atoms with van der Waals surface area (Å²) < 4.78 is 2.13. The molecule has 0 bridgehead atoms. The summed E-state index contributed by atoms with van der Waals surface area (Å²) in [6.07, 6.45) is 4.79. The summed E-state index contributed by atoms with van der Waals surface area (Å²) in [5, 5.41) is 4.45. The fraction of sp³-hybridized carbons (Fsp3) is 0.389. The molecule has 2 aliphatic rings. The van der Waals surface area contributed by atoms with Crippen LogP contribution in [0.25, 0.3) is 10.8 Å². The molecule has 1 saturated heterocycles. The third-order valence-electron chi connectivity index (χ3n) is 4.90. The minimum absolute atomic E-state index is 0.126. The van der Waals surface area contributed by atoms with Crippen LogP contribution in [-0.4, -0.2) is 33.2 Å². The van der Waals surface area contributed by atoms with Crippen LogP contribution in [0.15, 0.2) is 24.5 Å². The third kappa shape index (κ3) is 2.21. The van der Waals surface area contributed by atoms with E-state index in [4.69, 9.17) is 0 Å². The summed E-state index contributed by atoms with van der Waals surface area (Å²) in [4.78, 5) is 37.7. The predicted molar refractivity (Wildman–Crippen MR) is 88.4 cm³/mol. The molecule has 0 radical (unpaired) electrons. The van der Waals surface area contributed by atoms with Gasteiger partial charge in [0.1, 0.15) is 6.04 Å². The van der Waals surface area contributed by atoms with Crippen molar-refractivity contribution in [3.63, 3.8) is 0 Å². The fourth-order valence-corrected chi connectivity index (χ4v) is 3.53. The van der Waals surface area contributed by atoms with Gasteiger partial charge in [0.2, 0.25) is 11.8 Å². The number of aromatic nitrogens is 1. The minimum atomic E-state index is -0.558. The van der Waals surface area contributed by atoms with Gasteiger partial charge in [-0.2, -0.15) is 0 Å². The van der Waals surface area contributed by atoms with Gasteiger partial charge in [0.15, 0.2) is 0 Å². The molecule has 24 heavy (non-hydrogen) atoms. The Bertz CT molecular complexity index is 881. The molecule has 1 N–H and O–H groups in total. The maximum absolute atomic E-state index is 12.8. The van der Waals surface area contributed by atoms with Crippen LogP contribution < -0.4 is 5.32 Å². The largest absolute Gasteiger partial charge is 0.351 e. The maximum Gasteiger partial charge on any atom is 0.255 e. The first-order chi connectivity index (χ1) is 11.4. The van der Waals surface area contributed by atoms with Crippen molar-refractivity contribution in [1.29, 1.82) is 0 Å². The SMILES string of the molecule is CC(C)n1cc2cc3c(cc2c1)C(=O)N([C@@H]1CCC(=O)NC1=O)C3. The number of carbonyl (C=O) groups excluding carboxylic acids is 3. The molecule has 6 nitrogen and oxygen atoms in total. The number of nitrogens with zero attached hydrogens (tertiary/aromatic N) is 2. The second kappa shape index (κ2) is 5.19. The van der Waals surface area contributed by atoms with Gasteiger partial charge in [-0.15, -0.1) is 0 Å². The van der Waals surface area contributed by atoms with Gasteiger partial charge in [0.05, 0.1) is 0 Å². The molecule has 4 rings (SSSR count). The van der Waals surface area contributed by atoms with Crippen molar-refractivity contribution in [1.82, 2.24) is 14.8 Å². The van der Waals surface area contributed by atoms with E-state index in [9.17, 15) is 14.4 Å². The van der Waals surface area contributed by atoms with Gasteiger partial charge in [-0.1, -0.05) is 0 Å². The lowest BCUT2D eigenvalue weighted by Crippen LogP contribution is -2.52. The van der Waals surface area contributed by atoms with Crippen LogP contribution in [0, 0.1) is 0 Å². The van der Waals surface area contributed by atoms with E-state index in [1.807, 2.05) is 18.3 Å². The first kappa shape index (κ1) is 14.9. The van der Waals surface area contributed by atoms with Crippen molar-refractivity contribution < 1.29 is 14.4 Å². The maximum atomic E-state index is 12.8. The molecule has 1 aromatic heterocycles. The third-order valence-corrected chi connectivity index (χ3v) is 4.90. The van der Waals surface area contributed by atoms with E-state index >= 15 is 0 Å². The van der Waals surface area contributed by atoms with Crippen molar-refractivity contribution in [2.75, 3.05) is 0 Å². The van der Waals surface area contributed by atoms with Crippen LogP contribution in [0.5, 0.6) is 0 Å². The van der Waals surface area contributed by atoms with Crippen molar-refractivity contribution in [3.8, 4) is 0 Å². The quantitative estimate of drug-likeness (QED) is 0.858. The van der Waals surface area contributed by atoms with Crippen LogP contribution in [0.2, 0.25) is 0 Å². The number of imide groups is 1. The van der Waals surface area contributed by atoms with Gasteiger partial charge >= 0.3 is 0 Å². The highest BCUT2D eigenvalue weighted by molar-refractivity contribution is 6.07. The molecule has 0 saturated carbocycles. The number of piperidine rings is 1. The number of benzene rings is 1. The highest BCUT2D eigenvalue weighted by atomic mass is 16.2. The van der Waals surface area contributed by atoms with Gasteiger partial charge in [0.25, 0.3) is 5.91 Å². The first-order valence-corrected chi connectivity index (χ1v) is 8.23. The Labute approximate surface area is 139 Å². The summed E-state index contributed by atoms with van der Waals surface area (Å²) in [5.74, 6) is -0.764. The zero-order valence-electron chi connectivity index (χ0n) is 13.7. The molecule has 0 aliphatic carbocycles. The Morgan fingerprint density at radius 1 is 1.12 bits per heavy atom. The average Bonchev–Trinajstić information content (AvgIpc) is 3.07. The number of hydrogen-bond acceptors (Lipinski definition) is 3. The molecular formula is C18H19N3O3. The Morgan fingerprint density at radius 2 is 1.83 bits per heavy atom. The van der Waals surface area contributed by atoms with Crippen LogP contribution in [0.3, 0.4) is 0 Å². The van der Waals surface area contributed by atoms with E-state index in [2.05, 4.69) is 29.9 Å². The molecule has 2 aliphatic heterocycles. The highest BCUT2D eigenvalue weighted by Crippen LogP contribution is 2.31. The monoisotopic (exact) mass is 325 g/mol. The fourth-order valence-electron chi connectivity index (χ4n) is 3.53. The molecule has 0 unspecified atom stereocenters. The number of nitrogens with one attached hydrogen (secondary N) is 1. The van der Waals surface area contributed by atoms with Gasteiger partial charge in [-0.05, 0) is 43.4 Å². The van der Waals surface area contributed by atoms with Gasteiger partial charge in [0, 0.05) is 42.4 Å². The first-order valence-electron chi connectivity index (χ1n) is 8.23.